The van der Waals surface area contributed by atoms with Crippen molar-refractivity contribution in [3.8, 4) is 0 Å². The van der Waals surface area contributed by atoms with Gasteiger partial charge in [0, 0.05) is 13.8 Å². The number of rotatable bonds is 0. The van der Waals surface area contributed by atoms with Crippen LogP contribution < -0.4 is 13.5 Å². The summed E-state index contributed by atoms with van der Waals surface area (Å²) in [6.45, 7) is 15.1. The van der Waals surface area contributed by atoms with Gasteiger partial charge in [-0.05, 0) is 12.1 Å². The molecule has 0 fully saturated rings. The van der Waals surface area contributed by atoms with Crippen LogP contribution in [0.25, 0.3) is 5.52 Å². The normalized spacial score (nSPS) is 10.4. The molecule has 0 aliphatic carbocycles. The number of aryl methyl sites for hydroxylation is 6. The third kappa shape index (κ3) is 5.35. The second-order valence-electron chi connectivity index (χ2n) is 7.28. The SMILES string of the molecule is Cc1[se]c(C)[n+](C)c1C.Cc1c2cccc[n+]2c(C)n1C.Cc1n[se]c(C)[n+]1C. The van der Waals surface area contributed by atoms with Gasteiger partial charge in [-0.3, -0.25) is 0 Å². The van der Waals surface area contributed by atoms with Gasteiger partial charge in [-0.1, -0.05) is 6.07 Å². The van der Waals surface area contributed by atoms with Crippen molar-refractivity contribution in [2.45, 2.75) is 48.5 Å². The monoisotopic (exact) mass is 528 g/mol. The van der Waals surface area contributed by atoms with Gasteiger partial charge in [0.15, 0.2) is 5.52 Å². The Labute approximate surface area is 187 Å². The van der Waals surface area contributed by atoms with Gasteiger partial charge in [0.05, 0.1) is 13.2 Å². The number of imidazole rings is 1. The van der Waals surface area contributed by atoms with E-state index in [0.717, 1.165) is 5.82 Å². The minimum absolute atomic E-state index is 0.402. The Balaban J connectivity index is 0.000000160. The van der Waals surface area contributed by atoms with Crippen molar-refractivity contribution in [1.82, 2.24) is 8.55 Å². The van der Waals surface area contributed by atoms with Crippen molar-refractivity contribution in [3.63, 3.8) is 0 Å². The molecule has 0 saturated carbocycles. The van der Waals surface area contributed by atoms with E-state index in [4.69, 9.17) is 0 Å². The van der Waals surface area contributed by atoms with Crippen LogP contribution in [0.1, 0.15) is 36.6 Å². The zero-order valence-electron chi connectivity index (χ0n) is 19.4. The van der Waals surface area contributed by atoms with Crippen molar-refractivity contribution in [1.29, 1.82) is 0 Å². The first-order valence-electron chi connectivity index (χ1n) is 9.70. The minimum atomic E-state index is 0.402. The van der Waals surface area contributed by atoms with Crippen LogP contribution in [0.5, 0.6) is 0 Å². The molecule has 0 atom stereocenters. The Morgan fingerprint density at radius 2 is 1.55 bits per heavy atom. The zero-order chi connectivity index (χ0) is 21.9. The summed E-state index contributed by atoms with van der Waals surface area (Å²) in [6, 6.07) is 6.27. The van der Waals surface area contributed by atoms with E-state index in [1.807, 2.05) is 6.92 Å². The molecule has 29 heavy (non-hydrogen) atoms. The quantitative estimate of drug-likeness (QED) is 0.252. The summed E-state index contributed by atoms with van der Waals surface area (Å²) in [5.41, 5.74) is 4.05. The molecule has 0 radical (unpaired) electrons. The topological polar surface area (TPSA) is 29.7 Å². The van der Waals surface area contributed by atoms with Crippen LogP contribution in [-0.4, -0.2) is 37.8 Å². The molecule has 0 N–H and O–H groups in total. The molecule has 0 amide bonds. The first-order chi connectivity index (χ1) is 13.6. The predicted octanol–water partition coefficient (Wildman–Crippen LogP) is 1.45. The molecule has 0 unspecified atom stereocenters. The van der Waals surface area contributed by atoms with Crippen LogP contribution in [0.15, 0.2) is 24.4 Å². The average molecular weight is 526 g/mol. The van der Waals surface area contributed by atoms with E-state index in [2.05, 4.69) is 109 Å². The van der Waals surface area contributed by atoms with Crippen molar-refractivity contribution >= 4 is 34.8 Å². The van der Waals surface area contributed by atoms with Gasteiger partial charge in [-0.2, -0.15) is 4.40 Å². The van der Waals surface area contributed by atoms with Crippen LogP contribution in [0.2, 0.25) is 0 Å². The van der Waals surface area contributed by atoms with Crippen molar-refractivity contribution in [2.75, 3.05) is 0 Å². The average Bonchev–Trinajstić information content (AvgIpc) is 3.22. The summed E-state index contributed by atoms with van der Waals surface area (Å²) in [5.74, 6) is 2.42. The molecular formula is C22H34N5Se2+3. The third-order valence-electron chi connectivity index (χ3n) is 5.62. The third-order valence-corrected chi connectivity index (χ3v) is 9.95. The number of nitrogens with zero attached hydrogens (tertiary/aromatic N) is 5. The van der Waals surface area contributed by atoms with Crippen LogP contribution in [-0.2, 0) is 21.1 Å². The summed E-state index contributed by atoms with van der Waals surface area (Å²) in [4.78, 5) is 0. The first-order valence-corrected chi connectivity index (χ1v) is 13.0. The van der Waals surface area contributed by atoms with E-state index in [1.54, 1.807) is 4.44 Å². The zero-order valence-corrected chi connectivity index (χ0v) is 22.8. The maximum atomic E-state index is 4.27. The Hall–Kier alpha value is -1.52. The van der Waals surface area contributed by atoms with Gasteiger partial charge in [0.1, 0.15) is 5.69 Å². The van der Waals surface area contributed by atoms with Crippen LogP contribution in [0, 0.1) is 48.5 Å². The molecule has 0 aliphatic heterocycles. The van der Waals surface area contributed by atoms with Gasteiger partial charge in [-0.25, -0.2) is 4.57 Å². The van der Waals surface area contributed by atoms with Crippen molar-refractivity contribution < 1.29 is 13.5 Å². The van der Waals surface area contributed by atoms with Gasteiger partial charge in [-0.15, -0.1) is 0 Å². The molecule has 156 valence electrons. The summed E-state index contributed by atoms with van der Waals surface area (Å²) in [7, 11) is 6.30. The number of aromatic nitrogens is 5. The number of hydrogen-bond donors (Lipinski definition) is 0. The summed E-state index contributed by atoms with van der Waals surface area (Å²) in [6.07, 6.45) is 2.09. The molecule has 4 aromatic rings. The van der Waals surface area contributed by atoms with E-state index in [9.17, 15) is 0 Å². The molecule has 7 heteroatoms. The number of hydrogen-bond acceptors (Lipinski definition) is 1. The molecule has 0 spiro atoms. The van der Waals surface area contributed by atoms with Gasteiger partial charge < -0.3 is 0 Å². The van der Waals surface area contributed by atoms with E-state index >= 15 is 0 Å². The summed E-state index contributed by atoms with van der Waals surface area (Å²) >= 11 is 1.05. The Bertz CT molecular complexity index is 1040. The van der Waals surface area contributed by atoms with E-state index in [-0.39, 0.29) is 0 Å². The van der Waals surface area contributed by atoms with Crippen molar-refractivity contribution in [3.05, 3.63) is 61.0 Å². The molecular weight excluding hydrogens is 492 g/mol. The van der Waals surface area contributed by atoms with Crippen LogP contribution in [0.3, 0.4) is 0 Å². The van der Waals surface area contributed by atoms with Crippen LogP contribution >= 0.6 is 0 Å². The molecule has 4 heterocycles. The molecule has 4 rings (SSSR count). The van der Waals surface area contributed by atoms with E-state index in [1.165, 1.54) is 31.9 Å². The molecule has 0 saturated heterocycles. The Morgan fingerprint density at radius 3 is 1.90 bits per heavy atom. The fourth-order valence-electron chi connectivity index (χ4n) is 2.91. The predicted molar refractivity (Wildman–Crippen MR) is 119 cm³/mol. The number of fused-ring (bicyclic) bond motifs is 1. The fourth-order valence-corrected chi connectivity index (χ4v) is 6.36. The molecule has 5 nitrogen and oxygen atoms in total. The molecule has 0 aliphatic rings. The second kappa shape index (κ2) is 9.99. The van der Waals surface area contributed by atoms with Crippen molar-refractivity contribution in [2.24, 2.45) is 21.1 Å². The van der Waals surface area contributed by atoms with Crippen LogP contribution in [0.4, 0.5) is 0 Å². The Kier molecular flexibility index (Phi) is 8.18. The molecule has 4 aromatic heterocycles. The molecule has 0 bridgehead atoms. The van der Waals surface area contributed by atoms with E-state index < -0.39 is 0 Å². The summed E-state index contributed by atoms with van der Waals surface area (Å²) < 4.78 is 17.6. The fraction of sp³-hybridized carbons (Fsp3) is 0.455. The van der Waals surface area contributed by atoms with E-state index in [0.29, 0.717) is 29.2 Å². The maximum absolute atomic E-state index is 4.27. The second-order valence-corrected chi connectivity index (χ2v) is 12.2. The number of pyridine rings is 1. The molecule has 0 aromatic carbocycles. The standard InChI is InChI=1S/C10H13N2.C7H12NSe.C5H9N2Se/c1-8-10-6-4-5-7-12(10)9(2)11(8)3;1-5-6(2)9-7(3)8(5)4;1-4-6-8-5(2)7(4)3/h4-7H,1-3H3;1-4H3;1-3H3/q3*+1. The van der Waals surface area contributed by atoms with Gasteiger partial charge in [0.2, 0.25) is 0 Å². The summed E-state index contributed by atoms with van der Waals surface area (Å²) in [5, 5.41) is 0. The van der Waals surface area contributed by atoms with Gasteiger partial charge in [0.25, 0.3) is 5.82 Å². The van der Waals surface area contributed by atoms with Gasteiger partial charge >= 0.3 is 116 Å². The Morgan fingerprint density at radius 1 is 0.897 bits per heavy atom. The first kappa shape index (κ1) is 23.8.